The molecule has 0 aliphatic carbocycles. The molecule has 142 valence electrons. The number of methoxy groups -OCH3 is 1. The summed E-state index contributed by atoms with van der Waals surface area (Å²) >= 11 is 3.79. The highest BCUT2D eigenvalue weighted by atomic mass is 32.2. The van der Waals surface area contributed by atoms with Gasteiger partial charge in [0.05, 0.1) is 24.1 Å². The van der Waals surface area contributed by atoms with E-state index in [0.29, 0.717) is 17.0 Å². The van der Waals surface area contributed by atoms with Crippen molar-refractivity contribution in [2.45, 2.75) is 43.3 Å². The molecule has 1 aliphatic heterocycles. The zero-order valence-electron chi connectivity index (χ0n) is 15.2. The molecular weight excluding hydrogens is 373 g/mol. The second-order valence-electron chi connectivity index (χ2n) is 5.95. The molecule has 0 unspecified atom stereocenters. The van der Waals surface area contributed by atoms with Crippen molar-refractivity contribution in [3.63, 3.8) is 0 Å². The van der Waals surface area contributed by atoms with Gasteiger partial charge in [0.25, 0.3) is 0 Å². The summed E-state index contributed by atoms with van der Waals surface area (Å²) < 4.78 is 26.6. The fourth-order valence-corrected chi connectivity index (χ4v) is 5.74. The van der Waals surface area contributed by atoms with Crippen molar-refractivity contribution in [2.24, 2.45) is 0 Å². The maximum absolute atomic E-state index is 13.1. The Kier molecular flexibility index (Phi) is 6.97. The maximum Gasteiger partial charge on any atom is 0.170 e. The quantitative estimate of drug-likeness (QED) is 0.677. The van der Waals surface area contributed by atoms with Gasteiger partial charge in [-0.25, -0.2) is 9.07 Å². The van der Waals surface area contributed by atoms with E-state index in [4.69, 9.17) is 9.47 Å². The van der Waals surface area contributed by atoms with Crippen molar-refractivity contribution in [3.8, 4) is 11.3 Å². The van der Waals surface area contributed by atoms with Gasteiger partial charge in [0.2, 0.25) is 0 Å². The summed E-state index contributed by atoms with van der Waals surface area (Å²) in [5.74, 6) is 1.80. The largest absolute Gasteiger partial charge is 0.355 e. The highest BCUT2D eigenvalue weighted by Gasteiger charge is 2.45. The lowest BCUT2D eigenvalue weighted by Crippen LogP contribution is -2.31. The highest BCUT2D eigenvalue weighted by molar-refractivity contribution is 8.03. The molecule has 8 heteroatoms. The van der Waals surface area contributed by atoms with E-state index in [1.54, 1.807) is 23.9 Å². The normalized spacial score (nSPS) is 25.7. The fourth-order valence-electron chi connectivity index (χ4n) is 3.12. The van der Waals surface area contributed by atoms with Gasteiger partial charge >= 0.3 is 0 Å². The first-order valence-electron chi connectivity index (χ1n) is 8.73. The molecule has 4 atom stereocenters. The zero-order chi connectivity index (χ0) is 18.5. The van der Waals surface area contributed by atoms with Crippen LogP contribution in [0.2, 0.25) is 0 Å². The van der Waals surface area contributed by atoms with Crippen LogP contribution >= 0.6 is 23.5 Å². The zero-order valence-corrected chi connectivity index (χ0v) is 16.8. The van der Waals surface area contributed by atoms with Crippen molar-refractivity contribution in [1.82, 2.24) is 15.0 Å². The number of benzene rings is 1. The number of aromatic nitrogens is 3. The summed E-state index contributed by atoms with van der Waals surface area (Å²) in [6.07, 6.45) is 1.69. The monoisotopic (exact) mass is 397 g/mol. The van der Waals surface area contributed by atoms with Crippen molar-refractivity contribution in [3.05, 3.63) is 36.3 Å². The maximum atomic E-state index is 13.1. The molecule has 5 nitrogen and oxygen atoms in total. The van der Waals surface area contributed by atoms with Crippen LogP contribution in [0.5, 0.6) is 0 Å². The van der Waals surface area contributed by atoms with Gasteiger partial charge < -0.3 is 9.47 Å². The minimum atomic E-state index is -0.259. The van der Waals surface area contributed by atoms with E-state index in [1.165, 1.54) is 12.1 Å². The molecule has 2 heterocycles. The van der Waals surface area contributed by atoms with E-state index in [0.717, 1.165) is 22.8 Å². The molecule has 0 spiro atoms. The Morgan fingerprint density at radius 2 is 1.85 bits per heavy atom. The summed E-state index contributed by atoms with van der Waals surface area (Å²) in [7, 11) is 1.70. The molecule has 1 saturated heterocycles. The first kappa shape index (κ1) is 19.7. The molecule has 0 radical (unpaired) electrons. The van der Waals surface area contributed by atoms with Gasteiger partial charge in [0.15, 0.2) is 6.29 Å². The predicted octanol–water partition coefficient (Wildman–Crippen LogP) is 3.70. The van der Waals surface area contributed by atoms with Crippen molar-refractivity contribution < 1.29 is 13.9 Å². The van der Waals surface area contributed by atoms with Crippen LogP contribution in [-0.4, -0.2) is 56.5 Å². The fraction of sp³-hybridized carbons (Fsp3) is 0.556. The van der Waals surface area contributed by atoms with Crippen LogP contribution < -0.4 is 0 Å². The van der Waals surface area contributed by atoms with Crippen LogP contribution in [0.1, 0.15) is 13.8 Å². The number of hydrogen-bond donors (Lipinski definition) is 0. The van der Waals surface area contributed by atoms with Crippen molar-refractivity contribution >= 4 is 23.5 Å². The first-order valence-corrected chi connectivity index (χ1v) is 10.8. The molecule has 3 rings (SSSR count). The Balaban J connectivity index is 1.73. The molecule has 0 amide bonds. The minimum Gasteiger partial charge on any atom is -0.355 e. The number of halogens is 1. The van der Waals surface area contributed by atoms with Crippen LogP contribution in [0.15, 0.2) is 30.5 Å². The molecule has 0 bridgehead atoms. The number of rotatable bonds is 8. The number of thioether (sulfide) groups is 2. The van der Waals surface area contributed by atoms with Crippen LogP contribution in [0, 0.1) is 5.82 Å². The first-order chi connectivity index (χ1) is 12.7. The van der Waals surface area contributed by atoms with Gasteiger partial charge in [-0.3, -0.25) is 0 Å². The summed E-state index contributed by atoms with van der Waals surface area (Å²) in [6, 6.07) is 6.27. The third-order valence-electron chi connectivity index (χ3n) is 4.26. The predicted molar refractivity (Wildman–Crippen MR) is 105 cm³/mol. The summed E-state index contributed by atoms with van der Waals surface area (Å²) in [4.78, 5) is 0. The summed E-state index contributed by atoms with van der Waals surface area (Å²) in [6.45, 7) is 4.94. The van der Waals surface area contributed by atoms with Crippen LogP contribution in [-0.2, 0) is 16.0 Å². The van der Waals surface area contributed by atoms with Gasteiger partial charge in [-0.15, -0.1) is 5.10 Å². The molecular formula is C18H24FN3O2S2. The number of nitrogens with zero attached hydrogens (tertiary/aromatic N) is 3. The van der Waals surface area contributed by atoms with Crippen molar-refractivity contribution in [2.75, 3.05) is 18.6 Å². The van der Waals surface area contributed by atoms with E-state index >= 15 is 0 Å². The molecule has 1 aromatic heterocycles. The van der Waals surface area contributed by atoms with E-state index in [2.05, 4.69) is 24.2 Å². The van der Waals surface area contributed by atoms with Gasteiger partial charge in [-0.05, 0) is 35.8 Å². The van der Waals surface area contributed by atoms with E-state index in [1.807, 2.05) is 29.7 Å². The van der Waals surface area contributed by atoms with E-state index < -0.39 is 0 Å². The van der Waals surface area contributed by atoms with Crippen LogP contribution in [0.25, 0.3) is 11.3 Å². The van der Waals surface area contributed by atoms with Gasteiger partial charge in [-0.2, -0.15) is 23.5 Å². The molecule has 1 fully saturated rings. The molecule has 26 heavy (non-hydrogen) atoms. The van der Waals surface area contributed by atoms with Crippen molar-refractivity contribution in [1.29, 1.82) is 0 Å². The van der Waals surface area contributed by atoms with Crippen LogP contribution in [0.3, 0.4) is 0 Å². The Hall–Kier alpha value is -1.09. The summed E-state index contributed by atoms with van der Waals surface area (Å²) in [5.41, 5.74) is 1.57. The smallest absolute Gasteiger partial charge is 0.170 e. The molecule has 1 aliphatic rings. The average molecular weight is 398 g/mol. The number of hydrogen-bond acceptors (Lipinski definition) is 6. The third-order valence-corrected chi connectivity index (χ3v) is 6.98. The Labute approximate surface area is 162 Å². The minimum absolute atomic E-state index is 0.0108. The van der Waals surface area contributed by atoms with E-state index in [-0.39, 0.29) is 18.2 Å². The Bertz CT molecular complexity index is 698. The Morgan fingerprint density at radius 1 is 1.15 bits per heavy atom. The average Bonchev–Trinajstić information content (AvgIpc) is 3.23. The standard InChI is InChI=1S/C18H24FN3O2S2/c1-4-25-16-15(24-18(23-3)17(16)26-5-2)11-22-10-14(20-21-22)12-6-8-13(19)9-7-12/h6-10,15-18H,4-5,11H2,1-3H3/t15-,16-,17-,18-/m1/s1. The lowest BCUT2D eigenvalue weighted by molar-refractivity contribution is -0.115. The molecule has 0 saturated carbocycles. The lowest BCUT2D eigenvalue weighted by atomic mass is 10.2. The molecule has 1 aromatic carbocycles. The third kappa shape index (κ3) is 4.42. The van der Waals surface area contributed by atoms with Gasteiger partial charge in [0, 0.05) is 17.9 Å². The highest BCUT2D eigenvalue weighted by Crippen LogP contribution is 2.39. The second kappa shape index (κ2) is 9.21. The molecule has 2 aromatic rings. The van der Waals surface area contributed by atoms with E-state index in [9.17, 15) is 4.39 Å². The second-order valence-corrected chi connectivity index (χ2v) is 8.86. The topological polar surface area (TPSA) is 49.2 Å². The van der Waals surface area contributed by atoms with Crippen LogP contribution in [0.4, 0.5) is 4.39 Å². The van der Waals surface area contributed by atoms with Gasteiger partial charge in [-0.1, -0.05) is 19.1 Å². The number of ether oxygens (including phenoxy) is 2. The van der Waals surface area contributed by atoms with Gasteiger partial charge in [0.1, 0.15) is 11.5 Å². The lowest BCUT2D eigenvalue weighted by Gasteiger charge is -2.21. The molecule has 0 N–H and O–H groups in total. The Morgan fingerprint density at radius 3 is 2.50 bits per heavy atom. The summed E-state index contributed by atoms with van der Waals surface area (Å²) in [5, 5.41) is 9.09. The SMILES string of the molecule is CCS[C@H]1[C@H](OC)O[C@H](Cn2cc(-c3ccc(F)cc3)nn2)[C@H]1SCC.